The van der Waals surface area contributed by atoms with Crippen molar-refractivity contribution in [3.63, 3.8) is 0 Å². The van der Waals surface area contributed by atoms with E-state index < -0.39 is 0 Å². The molecule has 0 aromatic rings. The van der Waals surface area contributed by atoms with Crippen LogP contribution in [0.5, 0.6) is 0 Å². The lowest BCUT2D eigenvalue weighted by Crippen LogP contribution is -2.30. The zero-order valence-corrected chi connectivity index (χ0v) is 6.64. The van der Waals surface area contributed by atoms with E-state index in [0.717, 1.165) is 0 Å². The van der Waals surface area contributed by atoms with Gasteiger partial charge in [0, 0.05) is 7.11 Å². The smallest absolute Gasteiger partial charge is 0.0821 e. The van der Waals surface area contributed by atoms with Gasteiger partial charge in [-0.1, -0.05) is 20.8 Å². The molecule has 0 aromatic heterocycles. The minimum atomic E-state index is -0.359. The molecule has 0 heterocycles. The Bertz CT molecular complexity index is 73.5. The van der Waals surface area contributed by atoms with Gasteiger partial charge < -0.3 is 9.84 Å². The highest BCUT2D eigenvalue weighted by Crippen LogP contribution is 2.18. The first-order chi connectivity index (χ1) is 3.98. The molecular weight excluding hydrogens is 116 g/mol. The van der Waals surface area contributed by atoms with Crippen LogP contribution in [0.2, 0.25) is 0 Å². The van der Waals surface area contributed by atoms with Crippen molar-refractivity contribution >= 4 is 0 Å². The van der Waals surface area contributed by atoms with Crippen molar-refractivity contribution in [3.8, 4) is 0 Å². The predicted octanol–water partition coefficient (Wildman–Crippen LogP) is 1.04. The molecule has 0 aromatic carbocycles. The van der Waals surface area contributed by atoms with Gasteiger partial charge in [0.25, 0.3) is 0 Å². The Kier molecular flexibility index (Phi) is 3.15. The van der Waals surface area contributed by atoms with Crippen molar-refractivity contribution in [2.75, 3.05) is 13.7 Å². The van der Waals surface area contributed by atoms with Gasteiger partial charge >= 0.3 is 0 Å². The molecule has 1 atom stereocenters. The van der Waals surface area contributed by atoms with Crippen molar-refractivity contribution in [2.45, 2.75) is 26.9 Å². The standard InChI is InChI=1S/C7H16O2/c1-7(2,3)6(8)5-9-4/h6,8H,5H2,1-4H3. The van der Waals surface area contributed by atoms with E-state index in [4.69, 9.17) is 4.74 Å². The fraction of sp³-hybridized carbons (Fsp3) is 1.00. The van der Waals surface area contributed by atoms with E-state index in [-0.39, 0.29) is 11.5 Å². The maximum absolute atomic E-state index is 9.26. The first-order valence-corrected chi connectivity index (χ1v) is 3.15. The molecule has 1 N–H and O–H groups in total. The topological polar surface area (TPSA) is 29.5 Å². The third-order valence-corrected chi connectivity index (χ3v) is 1.32. The normalized spacial score (nSPS) is 15.7. The lowest BCUT2D eigenvalue weighted by molar-refractivity contribution is -0.00393. The Morgan fingerprint density at radius 1 is 1.44 bits per heavy atom. The van der Waals surface area contributed by atoms with Crippen LogP contribution in [0.3, 0.4) is 0 Å². The fourth-order valence-electron chi connectivity index (χ4n) is 0.408. The SMILES string of the molecule is COCC(O)C(C)(C)C. The summed E-state index contributed by atoms with van der Waals surface area (Å²) in [5, 5.41) is 9.26. The van der Waals surface area contributed by atoms with Gasteiger partial charge in [0.15, 0.2) is 0 Å². The third-order valence-electron chi connectivity index (χ3n) is 1.32. The molecule has 0 fully saturated rings. The second-order valence-corrected chi connectivity index (χ2v) is 3.34. The molecule has 0 spiro atoms. The maximum atomic E-state index is 9.26. The largest absolute Gasteiger partial charge is 0.390 e. The Morgan fingerprint density at radius 3 is 2.00 bits per heavy atom. The van der Waals surface area contributed by atoms with E-state index in [2.05, 4.69) is 0 Å². The summed E-state index contributed by atoms with van der Waals surface area (Å²) in [6.45, 7) is 6.37. The van der Waals surface area contributed by atoms with Crippen LogP contribution in [0.15, 0.2) is 0 Å². The van der Waals surface area contributed by atoms with Crippen molar-refractivity contribution in [2.24, 2.45) is 5.41 Å². The number of hydrogen-bond acceptors (Lipinski definition) is 2. The molecular formula is C7H16O2. The first-order valence-electron chi connectivity index (χ1n) is 3.15. The number of ether oxygens (including phenoxy) is 1. The zero-order chi connectivity index (χ0) is 7.49. The molecule has 1 unspecified atom stereocenters. The summed E-state index contributed by atoms with van der Waals surface area (Å²) in [4.78, 5) is 0. The van der Waals surface area contributed by atoms with Crippen LogP contribution in [0, 0.1) is 5.41 Å². The van der Waals surface area contributed by atoms with Crippen LogP contribution in [0.1, 0.15) is 20.8 Å². The van der Waals surface area contributed by atoms with Crippen molar-refractivity contribution in [1.29, 1.82) is 0 Å². The van der Waals surface area contributed by atoms with E-state index in [9.17, 15) is 5.11 Å². The van der Waals surface area contributed by atoms with Gasteiger partial charge in [-0.15, -0.1) is 0 Å². The lowest BCUT2D eigenvalue weighted by atomic mass is 9.90. The molecule has 0 aliphatic rings. The highest BCUT2D eigenvalue weighted by molar-refractivity contribution is 4.71. The van der Waals surface area contributed by atoms with Crippen LogP contribution in [0.4, 0.5) is 0 Å². The van der Waals surface area contributed by atoms with Gasteiger partial charge in [-0.25, -0.2) is 0 Å². The Morgan fingerprint density at radius 2 is 1.89 bits per heavy atom. The van der Waals surface area contributed by atoms with E-state index in [1.54, 1.807) is 7.11 Å². The van der Waals surface area contributed by atoms with Crippen LogP contribution in [0.25, 0.3) is 0 Å². The number of aliphatic hydroxyl groups excluding tert-OH is 1. The average molecular weight is 132 g/mol. The van der Waals surface area contributed by atoms with Gasteiger partial charge in [-0.3, -0.25) is 0 Å². The maximum Gasteiger partial charge on any atom is 0.0821 e. The summed E-state index contributed by atoms with van der Waals surface area (Å²) in [6.07, 6.45) is -0.359. The highest BCUT2D eigenvalue weighted by Gasteiger charge is 2.21. The Labute approximate surface area is 56.8 Å². The molecule has 0 bridgehead atoms. The molecule has 0 saturated carbocycles. The van der Waals surface area contributed by atoms with Crippen molar-refractivity contribution < 1.29 is 9.84 Å². The lowest BCUT2D eigenvalue weighted by Gasteiger charge is -2.24. The molecule has 0 amide bonds. The highest BCUT2D eigenvalue weighted by atomic mass is 16.5. The average Bonchev–Trinajstić information content (AvgIpc) is 1.64. The Hall–Kier alpha value is -0.0800. The molecule has 0 aliphatic heterocycles. The number of aliphatic hydroxyl groups is 1. The van der Waals surface area contributed by atoms with Gasteiger partial charge in [-0.05, 0) is 5.41 Å². The van der Waals surface area contributed by atoms with Gasteiger partial charge in [0.1, 0.15) is 0 Å². The molecule has 0 rings (SSSR count). The minimum Gasteiger partial charge on any atom is -0.390 e. The van der Waals surface area contributed by atoms with Gasteiger partial charge in [0.05, 0.1) is 12.7 Å². The summed E-state index contributed by atoms with van der Waals surface area (Å²) in [5.41, 5.74) is -0.0595. The van der Waals surface area contributed by atoms with E-state index in [1.807, 2.05) is 20.8 Å². The monoisotopic (exact) mass is 132 g/mol. The van der Waals surface area contributed by atoms with Crippen molar-refractivity contribution in [3.05, 3.63) is 0 Å². The Balaban J connectivity index is 3.59. The first kappa shape index (κ1) is 8.92. The summed E-state index contributed by atoms with van der Waals surface area (Å²) in [6, 6.07) is 0. The molecule has 0 aliphatic carbocycles. The predicted molar refractivity (Wildman–Crippen MR) is 37.3 cm³/mol. The zero-order valence-electron chi connectivity index (χ0n) is 6.64. The quantitative estimate of drug-likeness (QED) is 0.608. The van der Waals surface area contributed by atoms with Crippen molar-refractivity contribution in [1.82, 2.24) is 0 Å². The molecule has 0 radical (unpaired) electrons. The number of rotatable bonds is 2. The summed E-state index contributed by atoms with van der Waals surface area (Å²) >= 11 is 0. The van der Waals surface area contributed by atoms with E-state index in [0.29, 0.717) is 6.61 Å². The molecule has 9 heavy (non-hydrogen) atoms. The number of hydrogen-bond donors (Lipinski definition) is 1. The van der Waals surface area contributed by atoms with E-state index >= 15 is 0 Å². The van der Waals surface area contributed by atoms with Gasteiger partial charge in [0.2, 0.25) is 0 Å². The second-order valence-electron chi connectivity index (χ2n) is 3.34. The van der Waals surface area contributed by atoms with Crippen LogP contribution >= 0.6 is 0 Å². The summed E-state index contributed by atoms with van der Waals surface area (Å²) in [7, 11) is 1.59. The minimum absolute atomic E-state index is 0.0595. The molecule has 56 valence electrons. The fourth-order valence-corrected chi connectivity index (χ4v) is 0.408. The molecule has 2 nitrogen and oxygen atoms in total. The molecule has 2 heteroatoms. The summed E-state index contributed by atoms with van der Waals surface area (Å²) in [5.74, 6) is 0. The van der Waals surface area contributed by atoms with Gasteiger partial charge in [-0.2, -0.15) is 0 Å². The molecule has 0 saturated heterocycles. The second kappa shape index (κ2) is 3.18. The third kappa shape index (κ3) is 3.49. The number of methoxy groups -OCH3 is 1. The van der Waals surface area contributed by atoms with Crippen LogP contribution in [-0.4, -0.2) is 24.9 Å². The summed E-state index contributed by atoms with van der Waals surface area (Å²) < 4.78 is 4.78. The van der Waals surface area contributed by atoms with E-state index in [1.165, 1.54) is 0 Å². The van der Waals surface area contributed by atoms with Crippen LogP contribution in [-0.2, 0) is 4.74 Å². The van der Waals surface area contributed by atoms with Crippen LogP contribution < -0.4 is 0 Å².